The van der Waals surface area contributed by atoms with Gasteiger partial charge in [-0.1, -0.05) is 37.7 Å². The van der Waals surface area contributed by atoms with Gasteiger partial charge in [0.2, 0.25) is 5.91 Å². The number of hydrogen-bond donors (Lipinski definition) is 1. The minimum absolute atomic E-state index is 0.0750. The molecule has 164 valence electrons. The average Bonchev–Trinajstić information content (AvgIpc) is 2.75. The van der Waals surface area contributed by atoms with Crippen molar-refractivity contribution in [2.75, 3.05) is 13.1 Å². The number of hydrogen-bond acceptors (Lipinski definition) is 5. The molecule has 0 saturated carbocycles. The molecule has 1 heterocycles. The fraction of sp³-hybridized carbons (Fsp3) is 0.364. The smallest absolute Gasteiger partial charge is 0.270 e. The standard InChI is InChI=1S/C22H24FN3O4S/c1-14(2)22(28)25-11-9-15(10-12-25)24-21(27)17-13-16(26(29)30)7-8-19(17)31-20-6-4-3-5-18(20)23/h3-8,13-15H,9-12H2,1-2H3,(H,24,27). The van der Waals surface area contributed by atoms with Crippen molar-refractivity contribution >= 4 is 29.3 Å². The molecule has 0 radical (unpaired) electrons. The van der Waals surface area contributed by atoms with Gasteiger partial charge in [-0.15, -0.1) is 0 Å². The molecule has 2 amide bonds. The Hall–Kier alpha value is -2.94. The van der Waals surface area contributed by atoms with E-state index in [4.69, 9.17) is 0 Å². The van der Waals surface area contributed by atoms with Crippen LogP contribution in [0.5, 0.6) is 0 Å². The van der Waals surface area contributed by atoms with Gasteiger partial charge in [0.25, 0.3) is 11.6 Å². The van der Waals surface area contributed by atoms with E-state index in [1.54, 1.807) is 23.1 Å². The van der Waals surface area contributed by atoms with E-state index in [2.05, 4.69) is 5.32 Å². The van der Waals surface area contributed by atoms with Gasteiger partial charge in [-0.05, 0) is 31.0 Å². The SMILES string of the molecule is CC(C)C(=O)N1CCC(NC(=O)c2cc([N+](=O)[O-])ccc2Sc2ccccc2F)CC1. The molecule has 0 bridgehead atoms. The van der Waals surface area contributed by atoms with Crippen LogP contribution in [0.2, 0.25) is 0 Å². The number of nitrogens with one attached hydrogen (secondary N) is 1. The number of nitrogens with zero attached hydrogens (tertiary/aromatic N) is 2. The third kappa shape index (κ3) is 5.61. The normalized spacial score (nSPS) is 14.5. The first-order valence-corrected chi connectivity index (χ1v) is 10.9. The number of rotatable bonds is 6. The second kappa shape index (κ2) is 9.91. The van der Waals surface area contributed by atoms with Crippen LogP contribution < -0.4 is 5.32 Å². The number of carbonyl (C=O) groups is 2. The van der Waals surface area contributed by atoms with Crippen molar-refractivity contribution in [3.05, 3.63) is 64.0 Å². The number of benzene rings is 2. The van der Waals surface area contributed by atoms with Gasteiger partial charge in [-0.3, -0.25) is 19.7 Å². The number of nitro benzene ring substituents is 1. The Balaban J connectivity index is 1.76. The summed E-state index contributed by atoms with van der Waals surface area (Å²) >= 11 is 1.05. The van der Waals surface area contributed by atoms with Gasteiger partial charge in [0.15, 0.2) is 0 Å². The Labute approximate surface area is 184 Å². The lowest BCUT2D eigenvalue weighted by molar-refractivity contribution is -0.384. The summed E-state index contributed by atoms with van der Waals surface area (Å²) in [5.41, 5.74) is -0.0801. The zero-order chi connectivity index (χ0) is 22.5. The molecule has 3 rings (SSSR count). The maximum Gasteiger partial charge on any atom is 0.270 e. The lowest BCUT2D eigenvalue weighted by Gasteiger charge is -2.33. The minimum Gasteiger partial charge on any atom is -0.349 e. The first-order valence-electron chi connectivity index (χ1n) is 10.1. The number of carbonyl (C=O) groups excluding carboxylic acids is 2. The molecule has 9 heteroatoms. The van der Waals surface area contributed by atoms with E-state index in [1.165, 1.54) is 24.3 Å². The molecule has 7 nitrogen and oxygen atoms in total. The average molecular weight is 446 g/mol. The van der Waals surface area contributed by atoms with Crippen molar-refractivity contribution in [2.45, 2.75) is 42.5 Å². The summed E-state index contributed by atoms with van der Waals surface area (Å²) in [5.74, 6) is -0.864. The highest BCUT2D eigenvalue weighted by atomic mass is 32.2. The van der Waals surface area contributed by atoms with E-state index in [9.17, 15) is 24.1 Å². The number of nitro groups is 1. The first kappa shape index (κ1) is 22.7. The molecule has 2 aromatic rings. The van der Waals surface area contributed by atoms with E-state index in [-0.39, 0.29) is 29.1 Å². The molecule has 1 saturated heterocycles. The van der Waals surface area contributed by atoms with E-state index >= 15 is 0 Å². The maximum atomic E-state index is 14.1. The van der Waals surface area contributed by atoms with Gasteiger partial charge in [0, 0.05) is 47.0 Å². The topological polar surface area (TPSA) is 92.6 Å². The van der Waals surface area contributed by atoms with Gasteiger partial charge in [0.05, 0.1) is 10.5 Å². The van der Waals surface area contributed by atoms with E-state index < -0.39 is 16.6 Å². The molecule has 2 aromatic carbocycles. The lowest BCUT2D eigenvalue weighted by Crippen LogP contribution is -2.47. The zero-order valence-electron chi connectivity index (χ0n) is 17.3. The third-order valence-corrected chi connectivity index (χ3v) is 6.24. The lowest BCUT2D eigenvalue weighted by atomic mass is 10.0. The van der Waals surface area contributed by atoms with Crippen LogP contribution in [-0.2, 0) is 4.79 Å². The Bertz CT molecular complexity index is 990. The van der Waals surface area contributed by atoms with E-state index in [1.807, 2.05) is 13.8 Å². The fourth-order valence-electron chi connectivity index (χ4n) is 3.42. The van der Waals surface area contributed by atoms with Crippen LogP contribution in [0.15, 0.2) is 52.3 Å². The summed E-state index contributed by atoms with van der Waals surface area (Å²) in [6.45, 7) is 4.81. The predicted molar refractivity (Wildman–Crippen MR) is 116 cm³/mol. The van der Waals surface area contributed by atoms with Crippen LogP contribution in [0.4, 0.5) is 10.1 Å². The second-order valence-corrected chi connectivity index (χ2v) is 8.78. The van der Waals surface area contributed by atoms with Crippen LogP contribution in [0.1, 0.15) is 37.0 Å². The van der Waals surface area contributed by atoms with Gasteiger partial charge in [-0.2, -0.15) is 0 Å². The summed E-state index contributed by atoms with van der Waals surface area (Å²) in [6.07, 6.45) is 1.21. The molecule has 1 N–H and O–H groups in total. The second-order valence-electron chi connectivity index (χ2n) is 7.70. The Morgan fingerprint density at radius 3 is 2.45 bits per heavy atom. The molecule has 1 aliphatic rings. The largest absolute Gasteiger partial charge is 0.349 e. The summed E-state index contributed by atoms with van der Waals surface area (Å²) in [4.78, 5) is 38.3. The Kier molecular flexibility index (Phi) is 7.27. The number of amides is 2. The maximum absolute atomic E-state index is 14.1. The highest BCUT2D eigenvalue weighted by molar-refractivity contribution is 7.99. The molecule has 0 aromatic heterocycles. The fourth-order valence-corrected chi connectivity index (χ4v) is 4.36. The van der Waals surface area contributed by atoms with Crippen molar-refractivity contribution in [1.29, 1.82) is 0 Å². The monoisotopic (exact) mass is 445 g/mol. The molecule has 0 spiro atoms. The van der Waals surface area contributed by atoms with Gasteiger partial charge in [-0.25, -0.2) is 4.39 Å². The summed E-state index contributed by atoms with van der Waals surface area (Å²) in [6, 6.07) is 10.0. The molecular weight excluding hydrogens is 421 g/mol. The first-order chi connectivity index (χ1) is 14.8. The Morgan fingerprint density at radius 2 is 1.84 bits per heavy atom. The van der Waals surface area contributed by atoms with Crippen molar-refractivity contribution in [3.63, 3.8) is 0 Å². The molecule has 0 aliphatic carbocycles. The number of piperidine rings is 1. The van der Waals surface area contributed by atoms with Crippen LogP contribution >= 0.6 is 11.8 Å². The highest BCUT2D eigenvalue weighted by Gasteiger charge is 2.26. The summed E-state index contributed by atoms with van der Waals surface area (Å²) in [7, 11) is 0. The molecule has 0 atom stereocenters. The highest BCUT2D eigenvalue weighted by Crippen LogP contribution is 2.34. The van der Waals surface area contributed by atoms with Crippen LogP contribution in [0, 0.1) is 21.8 Å². The zero-order valence-corrected chi connectivity index (χ0v) is 18.2. The molecule has 1 aliphatic heterocycles. The minimum atomic E-state index is -0.565. The van der Waals surface area contributed by atoms with Crippen molar-refractivity contribution in [1.82, 2.24) is 10.2 Å². The van der Waals surface area contributed by atoms with Crippen LogP contribution in [-0.4, -0.2) is 40.8 Å². The quantitative estimate of drug-likeness (QED) is 0.530. The van der Waals surface area contributed by atoms with Crippen LogP contribution in [0.3, 0.4) is 0 Å². The van der Waals surface area contributed by atoms with Crippen molar-refractivity contribution in [3.8, 4) is 0 Å². The third-order valence-electron chi connectivity index (χ3n) is 5.11. The van der Waals surface area contributed by atoms with Crippen molar-refractivity contribution < 1.29 is 18.9 Å². The van der Waals surface area contributed by atoms with Gasteiger partial charge >= 0.3 is 0 Å². The molecule has 31 heavy (non-hydrogen) atoms. The summed E-state index contributed by atoms with van der Waals surface area (Å²) in [5, 5.41) is 14.1. The van der Waals surface area contributed by atoms with Gasteiger partial charge in [0.1, 0.15) is 5.82 Å². The Morgan fingerprint density at radius 1 is 1.16 bits per heavy atom. The summed E-state index contributed by atoms with van der Waals surface area (Å²) < 4.78 is 14.1. The number of likely N-dealkylation sites (tertiary alicyclic amines) is 1. The van der Waals surface area contributed by atoms with E-state index in [0.29, 0.717) is 35.7 Å². The van der Waals surface area contributed by atoms with Crippen LogP contribution in [0.25, 0.3) is 0 Å². The molecule has 0 unspecified atom stereocenters. The number of halogens is 1. The van der Waals surface area contributed by atoms with E-state index in [0.717, 1.165) is 11.8 Å². The predicted octanol–water partition coefficient (Wildman–Crippen LogP) is 4.26. The molecular formula is C22H24FN3O4S. The van der Waals surface area contributed by atoms with Crippen molar-refractivity contribution in [2.24, 2.45) is 5.92 Å². The molecule has 1 fully saturated rings. The van der Waals surface area contributed by atoms with Gasteiger partial charge < -0.3 is 10.2 Å². The number of non-ortho nitro benzene ring substituents is 1.